The van der Waals surface area contributed by atoms with Crippen molar-refractivity contribution in [3.05, 3.63) is 0 Å². The molecule has 1 aliphatic heterocycles. The molecule has 4 nitrogen and oxygen atoms in total. The molecule has 1 saturated heterocycles. The Morgan fingerprint density at radius 3 is 2.28 bits per heavy atom. The van der Waals surface area contributed by atoms with Crippen LogP contribution >= 0.6 is 0 Å². The van der Waals surface area contributed by atoms with Gasteiger partial charge in [-0.1, -0.05) is 0 Å². The molecule has 0 aromatic heterocycles. The van der Waals surface area contributed by atoms with Crippen LogP contribution in [0.15, 0.2) is 0 Å². The Balaban J connectivity index is 1.87. The third-order valence-corrected chi connectivity index (χ3v) is 4.01. The highest BCUT2D eigenvalue weighted by atomic mass is 19.4. The van der Waals surface area contributed by atoms with Crippen molar-refractivity contribution in [1.82, 2.24) is 10.2 Å². The first-order valence-corrected chi connectivity index (χ1v) is 6.03. The molecule has 2 aliphatic carbocycles. The van der Waals surface area contributed by atoms with Crippen molar-refractivity contribution in [3.8, 4) is 0 Å². The van der Waals surface area contributed by atoms with E-state index in [1.807, 2.05) is 0 Å². The average Bonchev–Trinajstić information content (AvgIpc) is 3.14. The summed E-state index contributed by atoms with van der Waals surface area (Å²) in [4.78, 5) is 24.3. The molecule has 1 unspecified atom stereocenters. The fourth-order valence-corrected chi connectivity index (χ4v) is 2.61. The van der Waals surface area contributed by atoms with Crippen molar-refractivity contribution in [1.29, 1.82) is 0 Å². The highest BCUT2D eigenvalue weighted by Gasteiger charge is 2.69. The van der Waals surface area contributed by atoms with Crippen LogP contribution in [-0.2, 0) is 9.59 Å². The van der Waals surface area contributed by atoms with Crippen LogP contribution < -0.4 is 5.32 Å². The average molecular weight is 262 g/mol. The predicted molar refractivity (Wildman–Crippen MR) is 54.4 cm³/mol. The second-order valence-corrected chi connectivity index (χ2v) is 5.34. The van der Waals surface area contributed by atoms with E-state index in [1.54, 1.807) is 0 Å². The molecule has 3 fully saturated rings. The van der Waals surface area contributed by atoms with Gasteiger partial charge in [-0.25, -0.2) is 0 Å². The Bertz CT molecular complexity index is 413. The fourth-order valence-electron chi connectivity index (χ4n) is 2.61. The molecule has 3 rings (SSSR count). The maximum Gasteiger partial charge on any atom is 0.411 e. The van der Waals surface area contributed by atoms with E-state index in [1.165, 1.54) is 0 Å². The molecule has 0 aromatic rings. The van der Waals surface area contributed by atoms with Crippen LogP contribution in [-0.4, -0.2) is 41.0 Å². The highest BCUT2D eigenvalue weighted by molar-refractivity contribution is 5.96. The van der Waals surface area contributed by atoms with E-state index in [2.05, 4.69) is 5.32 Å². The van der Waals surface area contributed by atoms with Gasteiger partial charge in [-0.2, -0.15) is 13.2 Å². The Labute approximate surface area is 102 Å². The normalized spacial score (nSPS) is 31.3. The lowest BCUT2D eigenvalue weighted by atomic mass is 10.0. The predicted octanol–water partition coefficient (Wildman–Crippen LogP) is 0.818. The molecule has 1 atom stereocenters. The zero-order valence-corrected chi connectivity index (χ0v) is 9.59. The molecule has 100 valence electrons. The minimum atomic E-state index is -4.45. The van der Waals surface area contributed by atoms with Crippen molar-refractivity contribution >= 4 is 11.8 Å². The molecule has 0 radical (unpaired) electrons. The smallest absolute Gasteiger partial charge is 0.342 e. The fraction of sp³-hybridized carbons (Fsp3) is 0.818. The highest BCUT2D eigenvalue weighted by Crippen LogP contribution is 2.54. The number of piperazine rings is 1. The Morgan fingerprint density at radius 2 is 1.83 bits per heavy atom. The van der Waals surface area contributed by atoms with E-state index in [0.29, 0.717) is 0 Å². The van der Waals surface area contributed by atoms with Gasteiger partial charge in [0.1, 0.15) is 18.1 Å². The number of carbonyl (C=O) groups is 2. The first-order valence-electron chi connectivity index (χ1n) is 6.03. The van der Waals surface area contributed by atoms with Crippen LogP contribution in [0.25, 0.3) is 0 Å². The lowest BCUT2D eigenvalue weighted by molar-refractivity contribution is -0.203. The summed E-state index contributed by atoms with van der Waals surface area (Å²) >= 11 is 0. The largest absolute Gasteiger partial charge is 0.411 e. The van der Waals surface area contributed by atoms with Gasteiger partial charge in [-0.3, -0.25) is 9.59 Å². The summed E-state index contributed by atoms with van der Waals surface area (Å²) in [5, 5.41) is 2.51. The molecular formula is C11H13F3N2O2. The van der Waals surface area contributed by atoms with Crippen LogP contribution in [0.2, 0.25) is 0 Å². The van der Waals surface area contributed by atoms with Crippen LogP contribution in [0.4, 0.5) is 13.2 Å². The standard InChI is InChI=1S/C11H13F3N2O2/c12-11(13,14)10(3-4-10)16-5-7(17)15-8(9(16)18)6-1-2-6/h6,8H,1-5H2,(H,15,17). The van der Waals surface area contributed by atoms with E-state index in [4.69, 9.17) is 0 Å². The SMILES string of the molecule is O=C1CN(C2(C(F)(F)F)CC2)C(=O)C(C2CC2)N1. The lowest BCUT2D eigenvalue weighted by Gasteiger charge is -2.39. The molecule has 3 aliphatic rings. The van der Waals surface area contributed by atoms with Crippen molar-refractivity contribution in [2.75, 3.05) is 6.54 Å². The molecular weight excluding hydrogens is 249 g/mol. The summed E-state index contributed by atoms with van der Waals surface area (Å²) in [7, 11) is 0. The molecule has 0 spiro atoms. The number of carbonyl (C=O) groups excluding carboxylic acids is 2. The molecule has 0 bridgehead atoms. The number of rotatable bonds is 2. The van der Waals surface area contributed by atoms with Crippen molar-refractivity contribution in [3.63, 3.8) is 0 Å². The summed E-state index contributed by atoms with van der Waals surface area (Å²) in [5.74, 6) is -1.03. The second-order valence-electron chi connectivity index (χ2n) is 5.34. The van der Waals surface area contributed by atoms with E-state index in [-0.39, 0.29) is 18.8 Å². The summed E-state index contributed by atoms with van der Waals surface area (Å²) in [6.45, 7) is -0.471. The van der Waals surface area contributed by atoms with Gasteiger partial charge in [-0.05, 0) is 31.6 Å². The summed E-state index contributed by atoms with van der Waals surface area (Å²) in [5.41, 5.74) is -2.07. The quantitative estimate of drug-likeness (QED) is 0.801. The molecule has 7 heteroatoms. The number of nitrogens with zero attached hydrogens (tertiary/aromatic N) is 1. The van der Waals surface area contributed by atoms with E-state index in [0.717, 1.165) is 17.7 Å². The van der Waals surface area contributed by atoms with Crippen LogP contribution in [0, 0.1) is 5.92 Å². The van der Waals surface area contributed by atoms with Gasteiger partial charge in [-0.15, -0.1) is 0 Å². The number of nitrogens with one attached hydrogen (secondary N) is 1. The zero-order chi connectivity index (χ0) is 13.1. The maximum atomic E-state index is 13.0. The van der Waals surface area contributed by atoms with Gasteiger partial charge in [0, 0.05) is 0 Å². The zero-order valence-electron chi connectivity index (χ0n) is 9.59. The lowest BCUT2D eigenvalue weighted by Crippen LogP contribution is -2.65. The Hall–Kier alpha value is -1.27. The Kier molecular flexibility index (Phi) is 2.22. The van der Waals surface area contributed by atoms with Crippen molar-refractivity contribution in [2.45, 2.75) is 43.4 Å². The van der Waals surface area contributed by atoms with Crippen LogP contribution in [0.5, 0.6) is 0 Å². The topological polar surface area (TPSA) is 49.4 Å². The Morgan fingerprint density at radius 1 is 1.22 bits per heavy atom. The molecule has 18 heavy (non-hydrogen) atoms. The third kappa shape index (κ3) is 1.59. The minimum Gasteiger partial charge on any atom is -0.342 e. The molecule has 2 amide bonds. The molecule has 1 heterocycles. The van der Waals surface area contributed by atoms with E-state index >= 15 is 0 Å². The second kappa shape index (κ2) is 3.39. The summed E-state index contributed by atoms with van der Waals surface area (Å²) in [6.07, 6.45) is -3.04. The van der Waals surface area contributed by atoms with Crippen molar-refractivity contribution < 1.29 is 22.8 Å². The number of amides is 2. The van der Waals surface area contributed by atoms with E-state index < -0.39 is 36.1 Å². The van der Waals surface area contributed by atoms with E-state index in [9.17, 15) is 22.8 Å². The van der Waals surface area contributed by atoms with Crippen LogP contribution in [0.1, 0.15) is 25.7 Å². The van der Waals surface area contributed by atoms with Crippen LogP contribution in [0.3, 0.4) is 0 Å². The van der Waals surface area contributed by atoms with Gasteiger partial charge >= 0.3 is 6.18 Å². The maximum absolute atomic E-state index is 13.0. The number of hydrogen-bond acceptors (Lipinski definition) is 2. The van der Waals surface area contributed by atoms with Gasteiger partial charge in [0.2, 0.25) is 11.8 Å². The third-order valence-electron chi connectivity index (χ3n) is 4.01. The van der Waals surface area contributed by atoms with Crippen molar-refractivity contribution in [2.24, 2.45) is 5.92 Å². The van der Waals surface area contributed by atoms with Gasteiger partial charge in [0.15, 0.2) is 0 Å². The molecule has 2 saturated carbocycles. The number of hydrogen-bond donors (Lipinski definition) is 1. The number of alkyl halides is 3. The van der Waals surface area contributed by atoms with Gasteiger partial charge in [0.25, 0.3) is 0 Å². The summed E-state index contributed by atoms with van der Waals surface area (Å²) in [6, 6.07) is -0.744. The summed E-state index contributed by atoms with van der Waals surface area (Å²) < 4.78 is 39.0. The molecule has 0 aromatic carbocycles. The van der Waals surface area contributed by atoms with Gasteiger partial charge < -0.3 is 10.2 Å². The number of halogens is 3. The monoisotopic (exact) mass is 262 g/mol. The first kappa shape index (κ1) is 11.8. The molecule has 1 N–H and O–H groups in total. The minimum absolute atomic E-state index is 0.0216. The first-order chi connectivity index (χ1) is 8.35. The van der Waals surface area contributed by atoms with Gasteiger partial charge in [0.05, 0.1) is 0 Å².